The van der Waals surface area contributed by atoms with Crippen LogP contribution in [0.4, 0.5) is 6.01 Å². The van der Waals surface area contributed by atoms with Crippen molar-refractivity contribution >= 4 is 6.01 Å². The smallest absolute Gasteiger partial charge is 0.315 e. The normalized spacial score (nSPS) is 24.6. The first-order chi connectivity index (χ1) is 8.20. The first-order valence-corrected chi connectivity index (χ1v) is 6.51. The number of anilines is 1. The van der Waals surface area contributed by atoms with Gasteiger partial charge in [-0.1, -0.05) is 18.9 Å². The van der Waals surface area contributed by atoms with E-state index < -0.39 is 0 Å². The van der Waals surface area contributed by atoms with Gasteiger partial charge in [-0.3, -0.25) is 0 Å². The lowest BCUT2D eigenvalue weighted by atomic mass is 10.3. The van der Waals surface area contributed by atoms with Crippen LogP contribution in [0.25, 0.3) is 0 Å². The molecular weight excluding hydrogens is 216 g/mol. The molecular formula is C12H22N4O. The third-order valence-corrected chi connectivity index (χ3v) is 3.30. The molecule has 1 saturated carbocycles. The Morgan fingerprint density at radius 1 is 1.47 bits per heavy atom. The summed E-state index contributed by atoms with van der Waals surface area (Å²) in [6.45, 7) is 8.35. The molecule has 0 amide bonds. The molecule has 5 nitrogen and oxygen atoms in total. The fraction of sp³-hybridized carbons (Fsp3) is 0.833. The Hall–Kier alpha value is -1.10. The van der Waals surface area contributed by atoms with Gasteiger partial charge >= 0.3 is 6.01 Å². The number of nitrogens with one attached hydrogen (secondary N) is 2. The van der Waals surface area contributed by atoms with Gasteiger partial charge in [-0.25, -0.2) is 0 Å². The van der Waals surface area contributed by atoms with Crippen molar-refractivity contribution in [2.75, 3.05) is 18.4 Å². The first kappa shape index (κ1) is 12.4. The largest absolute Gasteiger partial charge is 0.406 e. The molecule has 1 aliphatic rings. The highest BCUT2D eigenvalue weighted by atomic mass is 16.4. The lowest BCUT2D eigenvalue weighted by Crippen LogP contribution is -2.19. The van der Waals surface area contributed by atoms with E-state index in [0.29, 0.717) is 11.9 Å². The Kier molecular flexibility index (Phi) is 3.99. The van der Waals surface area contributed by atoms with Crippen LogP contribution in [0.5, 0.6) is 0 Å². The van der Waals surface area contributed by atoms with Gasteiger partial charge in [0.2, 0.25) is 5.89 Å². The Bertz CT molecular complexity index is 352. The molecule has 0 bridgehead atoms. The Balaban J connectivity index is 1.78. The molecule has 0 saturated heterocycles. The van der Waals surface area contributed by atoms with Crippen LogP contribution in [-0.2, 0) is 0 Å². The first-order valence-electron chi connectivity index (χ1n) is 6.51. The quantitative estimate of drug-likeness (QED) is 0.762. The molecule has 0 aliphatic heterocycles. The molecule has 1 aromatic heterocycles. The van der Waals surface area contributed by atoms with E-state index >= 15 is 0 Å². The number of aromatic nitrogens is 2. The van der Waals surface area contributed by atoms with Gasteiger partial charge in [-0.15, -0.1) is 5.10 Å². The highest BCUT2D eigenvalue weighted by Crippen LogP contribution is 2.37. The molecule has 0 spiro atoms. The number of hydrogen-bond donors (Lipinski definition) is 2. The number of nitrogens with zero attached hydrogens (tertiary/aromatic N) is 2. The summed E-state index contributed by atoms with van der Waals surface area (Å²) >= 11 is 0. The van der Waals surface area contributed by atoms with Crippen LogP contribution in [0, 0.1) is 11.8 Å². The molecule has 1 fully saturated rings. The summed E-state index contributed by atoms with van der Waals surface area (Å²) in [6, 6.07) is 0.669. The van der Waals surface area contributed by atoms with Crippen LogP contribution >= 0.6 is 0 Å². The van der Waals surface area contributed by atoms with Crippen molar-refractivity contribution in [3.63, 3.8) is 0 Å². The second kappa shape index (κ2) is 5.49. The summed E-state index contributed by atoms with van der Waals surface area (Å²) in [6.07, 6.45) is 2.41. The molecule has 1 aromatic rings. The molecule has 1 aliphatic carbocycles. The summed E-state index contributed by atoms with van der Waals surface area (Å²) in [7, 11) is 0. The Morgan fingerprint density at radius 2 is 2.24 bits per heavy atom. The average Bonchev–Trinajstić information content (AvgIpc) is 2.84. The van der Waals surface area contributed by atoms with E-state index in [-0.39, 0.29) is 6.04 Å². The van der Waals surface area contributed by atoms with Crippen molar-refractivity contribution < 1.29 is 4.42 Å². The van der Waals surface area contributed by atoms with Gasteiger partial charge in [0.15, 0.2) is 0 Å². The molecule has 1 heterocycles. The van der Waals surface area contributed by atoms with Crippen molar-refractivity contribution in [1.29, 1.82) is 0 Å². The van der Waals surface area contributed by atoms with Gasteiger partial charge in [0.25, 0.3) is 0 Å². The zero-order valence-electron chi connectivity index (χ0n) is 10.9. The summed E-state index contributed by atoms with van der Waals surface area (Å²) in [5.41, 5.74) is 0. The minimum atomic E-state index is 0.123. The highest BCUT2D eigenvalue weighted by molar-refractivity contribution is 5.18. The highest BCUT2D eigenvalue weighted by Gasteiger charge is 2.32. The second-order valence-electron chi connectivity index (χ2n) is 4.98. The Labute approximate surface area is 102 Å². The predicted octanol–water partition coefficient (Wildman–Crippen LogP) is 2.20. The minimum Gasteiger partial charge on any atom is -0.406 e. The molecule has 0 radical (unpaired) electrons. The van der Waals surface area contributed by atoms with Gasteiger partial charge in [0.1, 0.15) is 0 Å². The van der Waals surface area contributed by atoms with Crippen molar-refractivity contribution in [3.8, 4) is 0 Å². The van der Waals surface area contributed by atoms with Crippen LogP contribution < -0.4 is 10.6 Å². The molecule has 3 unspecified atom stereocenters. The molecule has 5 heteroatoms. The predicted molar refractivity (Wildman–Crippen MR) is 66.8 cm³/mol. The maximum atomic E-state index is 5.56. The summed E-state index contributed by atoms with van der Waals surface area (Å²) in [5, 5.41) is 14.6. The van der Waals surface area contributed by atoms with E-state index in [9.17, 15) is 0 Å². The van der Waals surface area contributed by atoms with Gasteiger partial charge in [-0.05, 0) is 38.1 Å². The topological polar surface area (TPSA) is 63.0 Å². The van der Waals surface area contributed by atoms with Crippen molar-refractivity contribution in [2.45, 2.75) is 39.7 Å². The third-order valence-electron chi connectivity index (χ3n) is 3.30. The van der Waals surface area contributed by atoms with E-state index in [1.54, 1.807) is 0 Å². The van der Waals surface area contributed by atoms with Crippen molar-refractivity contribution in [2.24, 2.45) is 11.8 Å². The van der Waals surface area contributed by atoms with E-state index in [2.05, 4.69) is 34.7 Å². The van der Waals surface area contributed by atoms with Gasteiger partial charge in [-0.2, -0.15) is 0 Å². The molecule has 17 heavy (non-hydrogen) atoms. The molecule has 2 rings (SSSR count). The second-order valence-corrected chi connectivity index (χ2v) is 4.98. The third kappa shape index (κ3) is 3.43. The molecule has 2 N–H and O–H groups in total. The standard InChI is InChI=1S/C12H22N4O/c1-4-5-13-9(3)11-15-16-12(17-11)14-7-10-6-8(10)2/h8-10,13H,4-7H2,1-3H3,(H,14,16). The maximum absolute atomic E-state index is 5.56. The molecule has 96 valence electrons. The minimum absolute atomic E-state index is 0.123. The Morgan fingerprint density at radius 3 is 2.88 bits per heavy atom. The van der Waals surface area contributed by atoms with E-state index in [1.807, 2.05) is 6.92 Å². The lowest BCUT2D eigenvalue weighted by molar-refractivity contribution is 0.422. The van der Waals surface area contributed by atoms with Gasteiger partial charge < -0.3 is 15.1 Å². The molecule has 0 aromatic carbocycles. The van der Waals surface area contributed by atoms with Crippen LogP contribution in [0.3, 0.4) is 0 Å². The van der Waals surface area contributed by atoms with Gasteiger partial charge in [0.05, 0.1) is 6.04 Å². The SMILES string of the molecule is CCCNC(C)c1nnc(NCC2CC2C)o1. The maximum Gasteiger partial charge on any atom is 0.315 e. The number of rotatable bonds is 7. The van der Waals surface area contributed by atoms with Gasteiger partial charge in [0, 0.05) is 6.54 Å². The number of hydrogen-bond acceptors (Lipinski definition) is 5. The fourth-order valence-corrected chi connectivity index (χ4v) is 1.83. The van der Waals surface area contributed by atoms with E-state index in [0.717, 1.165) is 31.3 Å². The van der Waals surface area contributed by atoms with E-state index in [4.69, 9.17) is 4.42 Å². The summed E-state index contributed by atoms with van der Waals surface area (Å²) in [4.78, 5) is 0. The molecule has 3 atom stereocenters. The lowest BCUT2D eigenvalue weighted by Gasteiger charge is -2.07. The average molecular weight is 238 g/mol. The zero-order valence-corrected chi connectivity index (χ0v) is 10.9. The zero-order chi connectivity index (χ0) is 12.3. The van der Waals surface area contributed by atoms with E-state index in [1.165, 1.54) is 6.42 Å². The van der Waals surface area contributed by atoms with Crippen molar-refractivity contribution in [1.82, 2.24) is 15.5 Å². The van der Waals surface area contributed by atoms with Crippen LogP contribution in [0.1, 0.15) is 45.5 Å². The fourth-order valence-electron chi connectivity index (χ4n) is 1.83. The van der Waals surface area contributed by atoms with Crippen LogP contribution in [0.15, 0.2) is 4.42 Å². The summed E-state index contributed by atoms with van der Waals surface area (Å²) in [5.74, 6) is 2.28. The van der Waals surface area contributed by atoms with Crippen molar-refractivity contribution in [3.05, 3.63) is 5.89 Å². The van der Waals surface area contributed by atoms with Crippen LogP contribution in [-0.4, -0.2) is 23.3 Å². The van der Waals surface area contributed by atoms with Crippen LogP contribution in [0.2, 0.25) is 0 Å². The summed E-state index contributed by atoms with van der Waals surface area (Å²) < 4.78 is 5.56. The monoisotopic (exact) mass is 238 g/mol.